The smallest absolute Gasteiger partial charge is 0.291 e. The van der Waals surface area contributed by atoms with E-state index in [-0.39, 0.29) is 29.3 Å². The number of halogens is 1. The summed E-state index contributed by atoms with van der Waals surface area (Å²) in [6.45, 7) is 2.31. The largest absolute Gasteiger partial charge is 0.449 e. The van der Waals surface area contributed by atoms with E-state index in [1.165, 1.54) is 12.1 Å². The molecule has 1 N–H and O–H groups in total. The van der Waals surface area contributed by atoms with E-state index >= 15 is 0 Å². The van der Waals surface area contributed by atoms with Crippen molar-refractivity contribution in [2.75, 3.05) is 36.4 Å². The van der Waals surface area contributed by atoms with E-state index in [2.05, 4.69) is 10.2 Å². The van der Waals surface area contributed by atoms with Crippen molar-refractivity contribution in [2.45, 2.75) is 25.7 Å². The van der Waals surface area contributed by atoms with Gasteiger partial charge >= 0.3 is 0 Å². The fourth-order valence-corrected chi connectivity index (χ4v) is 4.70. The Kier molecular flexibility index (Phi) is 5.55. The number of carbonyl (C=O) groups is 2. The molecule has 2 heterocycles. The van der Waals surface area contributed by atoms with Crippen LogP contribution in [-0.4, -0.2) is 42.9 Å². The molecule has 0 atom stereocenters. The second-order valence-corrected chi connectivity index (χ2v) is 8.53. The second kappa shape index (κ2) is 8.65. The van der Waals surface area contributed by atoms with Gasteiger partial charge in [0, 0.05) is 43.2 Å². The molecule has 5 rings (SSSR count). The molecule has 1 aliphatic heterocycles. The Hall–Kier alpha value is -3.35. The number of carbonyl (C=O) groups excluding carboxylic acids is 2. The second-order valence-electron chi connectivity index (χ2n) is 8.53. The molecule has 166 valence electrons. The first-order chi connectivity index (χ1) is 15.6. The fraction of sp³-hybridized carbons (Fsp3) is 0.360. The third-order valence-electron chi connectivity index (χ3n) is 6.52. The van der Waals surface area contributed by atoms with Crippen molar-refractivity contribution in [3.8, 4) is 0 Å². The van der Waals surface area contributed by atoms with Gasteiger partial charge in [0.1, 0.15) is 17.1 Å². The minimum absolute atomic E-state index is 0.00846. The van der Waals surface area contributed by atoms with E-state index in [0.29, 0.717) is 37.4 Å². The number of piperazine rings is 1. The maximum absolute atomic E-state index is 13.4. The molecular formula is C25H26FN3O3. The zero-order chi connectivity index (χ0) is 22.1. The molecule has 32 heavy (non-hydrogen) atoms. The first-order valence-corrected chi connectivity index (χ1v) is 11.2. The van der Waals surface area contributed by atoms with Crippen LogP contribution in [0.25, 0.3) is 11.0 Å². The molecule has 3 aromatic rings. The van der Waals surface area contributed by atoms with Crippen LogP contribution in [0.4, 0.5) is 15.8 Å². The summed E-state index contributed by atoms with van der Waals surface area (Å²) in [6.07, 6.45) is 3.90. The van der Waals surface area contributed by atoms with Crippen molar-refractivity contribution in [1.29, 1.82) is 0 Å². The number of nitrogens with one attached hydrogen (secondary N) is 1. The average molecular weight is 435 g/mol. The predicted molar refractivity (Wildman–Crippen MR) is 121 cm³/mol. The topological polar surface area (TPSA) is 65.8 Å². The number of furan rings is 1. The first-order valence-electron chi connectivity index (χ1n) is 11.2. The van der Waals surface area contributed by atoms with Crippen LogP contribution in [0.15, 0.2) is 52.9 Å². The van der Waals surface area contributed by atoms with Crippen LogP contribution in [0.1, 0.15) is 36.2 Å². The summed E-state index contributed by atoms with van der Waals surface area (Å²) in [5.41, 5.74) is 2.00. The van der Waals surface area contributed by atoms with Crippen molar-refractivity contribution in [3.05, 3.63) is 60.1 Å². The molecule has 6 nitrogen and oxygen atoms in total. The van der Waals surface area contributed by atoms with Gasteiger partial charge in [-0.2, -0.15) is 0 Å². The molecule has 1 aliphatic carbocycles. The third kappa shape index (κ3) is 3.95. The molecule has 1 saturated heterocycles. The molecule has 2 fully saturated rings. The highest BCUT2D eigenvalue weighted by atomic mass is 19.1. The van der Waals surface area contributed by atoms with Crippen LogP contribution < -0.4 is 10.2 Å². The van der Waals surface area contributed by atoms with Gasteiger partial charge < -0.3 is 19.5 Å². The van der Waals surface area contributed by atoms with E-state index in [1.54, 1.807) is 17.0 Å². The average Bonchev–Trinajstić information content (AvgIpc) is 3.48. The van der Waals surface area contributed by atoms with E-state index in [0.717, 1.165) is 36.8 Å². The predicted octanol–water partition coefficient (Wildman–Crippen LogP) is 4.66. The van der Waals surface area contributed by atoms with Crippen LogP contribution in [-0.2, 0) is 4.79 Å². The van der Waals surface area contributed by atoms with Gasteiger partial charge in [-0.25, -0.2) is 4.39 Å². The number of anilines is 2. The van der Waals surface area contributed by atoms with Crippen LogP contribution in [0.3, 0.4) is 0 Å². The summed E-state index contributed by atoms with van der Waals surface area (Å²) in [4.78, 5) is 30.1. The van der Waals surface area contributed by atoms with Crippen molar-refractivity contribution in [3.63, 3.8) is 0 Å². The Labute approximate surface area is 186 Å². The third-order valence-corrected chi connectivity index (χ3v) is 6.52. The normalized spacial score (nSPS) is 17.2. The van der Waals surface area contributed by atoms with Gasteiger partial charge in [-0.05, 0) is 49.2 Å². The fourth-order valence-electron chi connectivity index (χ4n) is 4.70. The van der Waals surface area contributed by atoms with Gasteiger partial charge in [-0.3, -0.25) is 9.59 Å². The summed E-state index contributed by atoms with van der Waals surface area (Å²) in [5, 5.41) is 3.75. The SMILES string of the molecule is O=C(Nc1c(C(=O)N2CCN(c3ccc(F)cc3)CC2)oc2ccccc12)C1CCCC1. The minimum atomic E-state index is -0.264. The first kappa shape index (κ1) is 20.5. The number of hydrogen-bond donors (Lipinski definition) is 1. The summed E-state index contributed by atoms with van der Waals surface area (Å²) in [7, 11) is 0. The lowest BCUT2D eigenvalue weighted by atomic mass is 10.1. The van der Waals surface area contributed by atoms with Gasteiger partial charge in [0.15, 0.2) is 0 Å². The number of para-hydroxylation sites is 1. The van der Waals surface area contributed by atoms with Gasteiger partial charge in [-0.15, -0.1) is 0 Å². The maximum Gasteiger partial charge on any atom is 0.291 e. The lowest BCUT2D eigenvalue weighted by molar-refractivity contribution is -0.119. The monoisotopic (exact) mass is 435 g/mol. The highest BCUT2D eigenvalue weighted by Crippen LogP contribution is 2.34. The summed E-state index contributed by atoms with van der Waals surface area (Å²) in [6, 6.07) is 13.8. The number of fused-ring (bicyclic) bond motifs is 1. The Balaban J connectivity index is 1.35. The lowest BCUT2D eigenvalue weighted by Gasteiger charge is -2.35. The maximum atomic E-state index is 13.4. The highest BCUT2D eigenvalue weighted by Gasteiger charge is 2.31. The molecule has 2 amide bonds. The minimum Gasteiger partial charge on any atom is -0.449 e. The van der Waals surface area contributed by atoms with Crippen LogP contribution >= 0.6 is 0 Å². The molecule has 0 radical (unpaired) electrons. The van der Waals surface area contributed by atoms with Crippen LogP contribution in [0.5, 0.6) is 0 Å². The quantitative estimate of drug-likeness (QED) is 0.647. The number of benzene rings is 2. The van der Waals surface area contributed by atoms with Crippen molar-refractivity contribution >= 4 is 34.2 Å². The molecule has 7 heteroatoms. The summed E-state index contributed by atoms with van der Waals surface area (Å²) in [5.74, 6) is -0.343. The molecule has 0 unspecified atom stereocenters. The lowest BCUT2D eigenvalue weighted by Crippen LogP contribution is -2.48. The number of hydrogen-bond acceptors (Lipinski definition) is 4. The number of rotatable bonds is 4. The zero-order valence-corrected chi connectivity index (χ0v) is 17.9. The van der Waals surface area contributed by atoms with E-state index in [9.17, 15) is 14.0 Å². The summed E-state index contributed by atoms with van der Waals surface area (Å²) >= 11 is 0. The van der Waals surface area contributed by atoms with E-state index < -0.39 is 0 Å². The van der Waals surface area contributed by atoms with E-state index in [4.69, 9.17) is 4.42 Å². The van der Waals surface area contributed by atoms with Gasteiger partial charge in [-0.1, -0.05) is 25.0 Å². The highest BCUT2D eigenvalue weighted by molar-refractivity contribution is 6.11. The van der Waals surface area contributed by atoms with Gasteiger partial charge in [0.25, 0.3) is 5.91 Å². The Bertz CT molecular complexity index is 1130. The standard InChI is InChI=1S/C25H26FN3O3/c26-18-9-11-19(12-10-18)28-13-15-29(16-14-28)25(31)23-22(20-7-3-4-8-21(20)32-23)27-24(30)17-5-1-2-6-17/h3-4,7-12,17H,1-2,5-6,13-16H2,(H,27,30). The molecule has 1 aromatic heterocycles. The Morgan fingerprint density at radius 2 is 1.62 bits per heavy atom. The van der Waals surface area contributed by atoms with Crippen molar-refractivity contribution in [2.24, 2.45) is 5.92 Å². The van der Waals surface area contributed by atoms with E-state index in [1.807, 2.05) is 24.3 Å². The van der Waals surface area contributed by atoms with Gasteiger partial charge in [0.2, 0.25) is 11.7 Å². The molecule has 0 spiro atoms. The summed E-state index contributed by atoms with van der Waals surface area (Å²) < 4.78 is 19.2. The van der Waals surface area contributed by atoms with Gasteiger partial charge in [0.05, 0.1) is 0 Å². The number of amides is 2. The number of nitrogens with zero attached hydrogens (tertiary/aromatic N) is 2. The van der Waals surface area contributed by atoms with Crippen LogP contribution in [0.2, 0.25) is 0 Å². The Morgan fingerprint density at radius 1 is 0.938 bits per heavy atom. The molecule has 0 bridgehead atoms. The molecule has 1 saturated carbocycles. The van der Waals surface area contributed by atoms with Crippen molar-refractivity contribution in [1.82, 2.24) is 4.90 Å². The molecule has 2 aliphatic rings. The zero-order valence-electron chi connectivity index (χ0n) is 17.9. The van der Waals surface area contributed by atoms with Crippen LogP contribution in [0, 0.1) is 11.7 Å². The van der Waals surface area contributed by atoms with Crippen molar-refractivity contribution < 1.29 is 18.4 Å². The Morgan fingerprint density at radius 3 is 2.34 bits per heavy atom. The molecule has 2 aromatic carbocycles. The molecular weight excluding hydrogens is 409 g/mol.